The molecule has 5 nitrogen and oxygen atoms in total. The van der Waals surface area contributed by atoms with Crippen LogP contribution < -0.4 is 4.74 Å². The first-order valence-corrected chi connectivity index (χ1v) is 7.40. The Hall–Kier alpha value is -0.660. The van der Waals surface area contributed by atoms with Gasteiger partial charge < -0.3 is 4.74 Å². The molecule has 1 aromatic rings. The molecule has 0 spiro atoms. The quantitative estimate of drug-likeness (QED) is 0.830. The average molecular weight is 323 g/mol. The molecule has 0 aliphatic heterocycles. The van der Waals surface area contributed by atoms with Crippen LogP contribution in [-0.4, -0.2) is 37.9 Å². The standard InChI is InChI=1S/C10H15BrN2O3S/c1-4-13(5-2)17(14,15)9-6-8(11)7-12-10(9)16-3/h6-7H,4-5H2,1-3H3. The van der Waals surface area contributed by atoms with Crippen molar-refractivity contribution in [3.8, 4) is 5.88 Å². The molecule has 0 atom stereocenters. The molecule has 0 aliphatic rings. The topological polar surface area (TPSA) is 59.5 Å². The van der Waals surface area contributed by atoms with E-state index in [0.29, 0.717) is 17.6 Å². The molecule has 17 heavy (non-hydrogen) atoms. The Morgan fingerprint density at radius 3 is 2.47 bits per heavy atom. The van der Waals surface area contributed by atoms with E-state index in [4.69, 9.17) is 4.74 Å². The molecule has 0 aromatic carbocycles. The summed E-state index contributed by atoms with van der Waals surface area (Å²) >= 11 is 3.21. The van der Waals surface area contributed by atoms with Gasteiger partial charge >= 0.3 is 0 Å². The highest BCUT2D eigenvalue weighted by Gasteiger charge is 2.26. The van der Waals surface area contributed by atoms with Crippen LogP contribution in [-0.2, 0) is 10.0 Å². The van der Waals surface area contributed by atoms with Crippen LogP contribution >= 0.6 is 15.9 Å². The molecule has 0 radical (unpaired) electrons. The normalized spacial score (nSPS) is 11.8. The number of pyridine rings is 1. The zero-order valence-electron chi connectivity index (χ0n) is 9.97. The van der Waals surface area contributed by atoms with E-state index in [-0.39, 0.29) is 10.8 Å². The molecule has 0 N–H and O–H groups in total. The van der Waals surface area contributed by atoms with Crippen molar-refractivity contribution in [2.24, 2.45) is 0 Å². The van der Waals surface area contributed by atoms with E-state index >= 15 is 0 Å². The molecule has 0 unspecified atom stereocenters. The first kappa shape index (κ1) is 14.4. The van der Waals surface area contributed by atoms with Crippen LogP contribution in [0.1, 0.15) is 13.8 Å². The third kappa shape index (κ3) is 2.97. The Balaban J connectivity index is 3.36. The highest BCUT2D eigenvalue weighted by atomic mass is 79.9. The van der Waals surface area contributed by atoms with Gasteiger partial charge in [0.05, 0.1) is 7.11 Å². The first-order chi connectivity index (χ1) is 7.97. The van der Waals surface area contributed by atoms with Gasteiger partial charge in [0.15, 0.2) is 0 Å². The first-order valence-electron chi connectivity index (χ1n) is 5.17. The van der Waals surface area contributed by atoms with Gasteiger partial charge in [0, 0.05) is 23.8 Å². The number of rotatable bonds is 5. The summed E-state index contributed by atoms with van der Waals surface area (Å²) in [5, 5.41) is 0. The SMILES string of the molecule is CCN(CC)S(=O)(=O)c1cc(Br)cnc1OC. The van der Waals surface area contributed by atoms with Gasteiger partial charge in [-0.2, -0.15) is 4.31 Å². The lowest BCUT2D eigenvalue weighted by atomic mass is 10.5. The van der Waals surface area contributed by atoms with E-state index in [1.54, 1.807) is 13.8 Å². The van der Waals surface area contributed by atoms with Gasteiger partial charge in [-0.1, -0.05) is 13.8 Å². The van der Waals surface area contributed by atoms with E-state index in [1.165, 1.54) is 23.7 Å². The smallest absolute Gasteiger partial charge is 0.248 e. The van der Waals surface area contributed by atoms with E-state index in [1.807, 2.05) is 0 Å². The number of halogens is 1. The van der Waals surface area contributed by atoms with Crippen molar-refractivity contribution >= 4 is 26.0 Å². The second-order valence-electron chi connectivity index (χ2n) is 3.25. The third-order valence-corrected chi connectivity index (χ3v) is 4.78. The van der Waals surface area contributed by atoms with Gasteiger partial charge in [0.25, 0.3) is 0 Å². The summed E-state index contributed by atoms with van der Waals surface area (Å²) in [6, 6.07) is 1.50. The second-order valence-corrected chi connectivity index (χ2v) is 6.07. The molecular formula is C10H15BrN2O3S. The summed E-state index contributed by atoms with van der Waals surface area (Å²) in [6.07, 6.45) is 1.50. The zero-order valence-corrected chi connectivity index (χ0v) is 12.4. The van der Waals surface area contributed by atoms with Crippen molar-refractivity contribution < 1.29 is 13.2 Å². The van der Waals surface area contributed by atoms with Gasteiger partial charge in [-0.3, -0.25) is 0 Å². The molecule has 0 amide bonds. The van der Waals surface area contributed by atoms with Crippen LogP contribution in [0, 0.1) is 0 Å². The van der Waals surface area contributed by atoms with Gasteiger partial charge in [0.2, 0.25) is 15.9 Å². The minimum absolute atomic E-state index is 0.0816. The van der Waals surface area contributed by atoms with Gasteiger partial charge in [-0.15, -0.1) is 0 Å². The molecule has 0 saturated carbocycles. The van der Waals surface area contributed by atoms with Crippen LogP contribution in [0.4, 0.5) is 0 Å². The summed E-state index contributed by atoms with van der Waals surface area (Å²) in [5.41, 5.74) is 0. The van der Waals surface area contributed by atoms with E-state index < -0.39 is 10.0 Å². The zero-order chi connectivity index (χ0) is 13.1. The molecule has 0 saturated heterocycles. The van der Waals surface area contributed by atoms with Crippen molar-refractivity contribution in [2.75, 3.05) is 20.2 Å². The second kappa shape index (κ2) is 5.79. The Morgan fingerprint density at radius 1 is 1.41 bits per heavy atom. The molecule has 0 fully saturated rings. The number of methoxy groups -OCH3 is 1. The van der Waals surface area contributed by atoms with Crippen molar-refractivity contribution in [1.29, 1.82) is 0 Å². The molecule has 1 aromatic heterocycles. The summed E-state index contributed by atoms with van der Waals surface area (Å²) in [4.78, 5) is 4.02. The van der Waals surface area contributed by atoms with Crippen molar-refractivity contribution in [2.45, 2.75) is 18.7 Å². The summed E-state index contributed by atoms with van der Waals surface area (Å²) in [6.45, 7) is 4.40. The molecule has 1 rings (SSSR count). The lowest BCUT2D eigenvalue weighted by molar-refractivity contribution is 0.379. The summed E-state index contributed by atoms with van der Waals surface area (Å²) in [7, 11) is -2.15. The maximum Gasteiger partial charge on any atom is 0.248 e. The summed E-state index contributed by atoms with van der Waals surface area (Å²) in [5.74, 6) is 0.111. The predicted octanol–water partition coefficient (Wildman–Crippen LogP) is 1.88. The Kier molecular flexibility index (Phi) is 4.91. The highest BCUT2D eigenvalue weighted by molar-refractivity contribution is 9.10. The van der Waals surface area contributed by atoms with Gasteiger partial charge in [-0.05, 0) is 22.0 Å². The number of nitrogens with zero attached hydrogens (tertiary/aromatic N) is 2. The number of ether oxygens (including phenoxy) is 1. The number of sulfonamides is 1. The van der Waals surface area contributed by atoms with Crippen molar-refractivity contribution in [3.05, 3.63) is 16.7 Å². The average Bonchev–Trinajstić information content (AvgIpc) is 2.30. The minimum atomic E-state index is -3.55. The number of hydrogen-bond acceptors (Lipinski definition) is 4. The molecule has 0 aliphatic carbocycles. The Morgan fingerprint density at radius 2 is 2.00 bits per heavy atom. The highest BCUT2D eigenvalue weighted by Crippen LogP contribution is 2.27. The van der Waals surface area contributed by atoms with Crippen LogP contribution in [0.15, 0.2) is 21.6 Å². The third-order valence-electron chi connectivity index (χ3n) is 2.30. The monoisotopic (exact) mass is 322 g/mol. The summed E-state index contributed by atoms with van der Waals surface area (Å²) < 4.78 is 31.6. The van der Waals surface area contributed by atoms with Gasteiger partial charge in [0.1, 0.15) is 4.90 Å². The fourth-order valence-corrected chi connectivity index (χ4v) is 3.52. The lowest BCUT2D eigenvalue weighted by Gasteiger charge is -2.19. The Labute approximate surface area is 110 Å². The van der Waals surface area contributed by atoms with E-state index in [0.717, 1.165) is 0 Å². The lowest BCUT2D eigenvalue weighted by Crippen LogP contribution is -2.31. The molecule has 96 valence electrons. The van der Waals surface area contributed by atoms with E-state index in [2.05, 4.69) is 20.9 Å². The predicted molar refractivity (Wildman–Crippen MR) is 68.6 cm³/mol. The number of hydrogen-bond donors (Lipinski definition) is 0. The molecular weight excluding hydrogens is 308 g/mol. The van der Waals surface area contributed by atoms with Crippen LogP contribution in [0.2, 0.25) is 0 Å². The van der Waals surface area contributed by atoms with Crippen LogP contribution in [0.5, 0.6) is 5.88 Å². The maximum atomic E-state index is 12.3. The van der Waals surface area contributed by atoms with Crippen LogP contribution in [0.3, 0.4) is 0 Å². The molecule has 1 heterocycles. The Bertz CT molecular complexity index is 486. The number of aromatic nitrogens is 1. The van der Waals surface area contributed by atoms with Crippen molar-refractivity contribution in [3.63, 3.8) is 0 Å². The molecule has 7 heteroatoms. The fourth-order valence-electron chi connectivity index (χ4n) is 1.45. The van der Waals surface area contributed by atoms with Crippen molar-refractivity contribution in [1.82, 2.24) is 9.29 Å². The largest absolute Gasteiger partial charge is 0.480 e. The fraction of sp³-hybridized carbons (Fsp3) is 0.500. The van der Waals surface area contributed by atoms with Gasteiger partial charge in [-0.25, -0.2) is 13.4 Å². The van der Waals surface area contributed by atoms with E-state index in [9.17, 15) is 8.42 Å². The van der Waals surface area contributed by atoms with Crippen LogP contribution in [0.25, 0.3) is 0 Å². The minimum Gasteiger partial charge on any atom is -0.480 e. The maximum absolute atomic E-state index is 12.3. The molecule has 0 bridgehead atoms.